The Hall–Kier alpha value is -0.650. The molecule has 108 valence electrons. The van der Waals surface area contributed by atoms with Crippen LogP contribution >= 0.6 is 24.0 Å². The van der Waals surface area contributed by atoms with E-state index in [0.29, 0.717) is 16.8 Å². The first-order valence-electron chi connectivity index (χ1n) is 7.26. The highest BCUT2D eigenvalue weighted by molar-refractivity contribution is 8.26. The van der Waals surface area contributed by atoms with E-state index >= 15 is 0 Å². The highest BCUT2D eigenvalue weighted by Crippen LogP contribution is 2.34. The number of hydrogen-bond donors (Lipinski definition) is 0. The Balaban J connectivity index is 1.66. The summed E-state index contributed by atoms with van der Waals surface area (Å²) in [6.07, 6.45) is 12.1. The van der Waals surface area contributed by atoms with Crippen LogP contribution in [0.3, 0.4) is 0 Å². The zero-order chi connectivity index (χ0) is 13.9. The summed E-state index contributed by atoms with van der Waals surface area (Å²) in [5.74, 6) is 0.557. The van der Waals surface area contributed by atoms with E-state index in [1.807, 2.05) is 0 Å². The molecule has 0 aromatic rings. The van der Waals surface area contributed by atoms with Crippen LogP contribution in [0.5, 0.6) is 0 Å². The van der Waals surface area contributed by atoms with E-state index in [9.17, 15) is 4.79 Å². The standard InChI is InChI=1S/C15H19NO2S2/c17-14-13(9-11-5-2-1-3-6-11)20-15(19)16(14)10-12-7-4-8-18-12/h1-2,9,11-12H,3-8,10H2. The normalized spacial score (nSPS) is 32.6. The molecule has 0 aromatic carbocycles. The fourth-order valence-electron chi connectivity index (χ4n) is 2.85. The number of carbonyl (C=O) groups excluding carboxylic acids is 1. The Morgan fingerprint density at radius 1 is 1.45 bits per heavy atom. The Morgan fingerprint density at radius 2 is 2.35 bits per heavy atom. The summed E-state index contributed by atoms with van der Waals surface area (Å²) in [6.45, 7) is 1.43. The van der Waals surface area contributed by atoms with Crippen molar-refractivity contribution in [3.05, 3.63) is 23.1 Å². The molecule has 3 nitrogen and oxygen atoms in total. The van der Waals surface area contributed by atoms with Crippen LogP contribution in [-0.2, 0) is 9.53 Å². The fraction of sp³-hybridized carbons (Fsp3) is 0.600. The molecular formula is C15H19NO2S2. The van der Waals surface area contributed by atoms with E-state index in [2.05, 4.69) is 18.2 Å². The van der Waals surface area contributed by atoms with Gasteiger partial charge in [-0.15, -0.1) is 0 Å². The molecule has 0 bridgehead atoms. The summed E-state index contributed by atoms with van der Waals surface area (Å²) in [5.41, 5.74) is 0. The van der Waals surface area contributed by atoms with Crippen molar-refractivity contribution in [3.8, 4) is 0 Å². The van der Waals surface area contributed by atoms with Gasteiger partial charge in [0.05, 0.1) is 17.6 Å². The highest BCUT2D eigenvalue weighted by atomic mass is 32.2. The van der Waals surface area contributed by atoms with Crippen molar-refractivity contribution < 1.29 is 9.53 Å². The number of carbonyl (C=O) groups is 1. The molecule has 0 radical (unpaired) electrons. The molecule has 0 spiro atoms. The SMILES string of the molecule is O=C1C(=CC2CC=CCC2)SC(=S)N1CC1CCCO1. The summed E-state index contributed by atoms with van der Waals surface area (Å²) in [6, 6.07) is 0. The second-order valence-corrected chi connectivity index (χ2v) is 7.17. The Labute approximate surface area is 129 Å². The molecule has 0 aromatic heterocycles. The van der Waals surface area contributed by atoms with Crippen LogP contribution in [0, 0.1) is 5.92 Å². The predicted molar refractivity (Wildman–Crippen MR) is 85.4 cm³/mol. The van der Waals surface area contributed by atoms with Gasteiger partial charge in [0.1, 0.15) is 4.32 Å². The van der Waals surface area contributed by atoms with Crippen molar-refractivity contribution in [3.63, 3.8) is 0 Å². The van der Waals surface area contributed by atoms with Gasteiger partial charge in [0.2, 0.25) is 0 Å². The van der Waals surface area contributed by atoms with E-state index in [0.717, 1.165) is 43.6 Å². The van der Waals surface area contributed by atoms with Crippen LogP contribution in [0.4, 0.5) is 0 Å². The molecule has 2 heterocycles. The van der Waals surface area contributed by atoms with Crippen LogP contribution in [-0.4, -0.2) is 34.4 Å². The van der Waals surface area contributed by atoms with Crippen molar-refractivity contribution >= 4 is 34.2 Å². The summed E-state index contributed by atoms with van der Waals surface area (Å²) in [7, 11) is 0. The van der Waals surface area contributed by atoms with Crippen molar-refractivity contribution in [1.82, 2.24) is 4.90 Å². The minimum Gasteiger partial charge on any atom is -0.376 e. The van der Waals surface area contributed by atoms with Gasteiger partial charge in [-0.05, 0) is 38.0 Å². The molecule has 2 fully saturated rings. The van der Waals surface area contributed by atoms with Gasteiger partial charge in [0, 0.05) is 6.61 Å². The monoisotopic (exact) mass is 309 g/mol. The lowest BCUT2D eigenvalue weighted by molar-refractivity contribution is -0.123. The number of nitrogens with zero attached hydrogens (tertiary/aromatic N) is 1. The minimum atomic E-state index is 0.0741. The largest absolute Gasteiger partial charge is 0.376 e. The molecule has 2 aliphatic heterocycles. The van der Waals surface area contributed by atoms with E-state index in [-0.39, 0.29) is 12.0 Å². The number of ether oxygens (including phenoxy) is 1. The number of amides is 1. The van der Waals surface area contributed by atoms with E-state index < -0.39 is 0 Å². The van der Waals surface area contributed by atoms with Crippen LogP contribution in [0.15, 0.2) is 23.1 Å². The molecule has 3 aliphatic rings. The maximum absolute atomic E-state index is 12.5. The highest BCUT2D eigenvalue weighted by Gasteiger charge is 2.34. The Kier molecular flexibility index (Phi) is 4.58. The van der Waals surface area contributed by atoms with Gasteiger partial charge in [-0.25, -0.2) is 0 Å². The van der Waals surface area contributed by atoms with Crippen LogP contribution in [0.1, 0.15) is 32.1 Å². The number of thioether (sulfide) groups is 1. The van der Waals surface area contributed by atoms with Gasteiger partial charge in [-0.2, -0.15) is 0 Å². The average molecular weight is 309 g/mol. The predicted octanol–water partition coefficient (Wildman–Crippen LogP) is 3.27. The number of hydrogen-bond acceptors (Lipinski definition) is 4. The van der Waals surface area contributed by atoms with Crippen LogP contribution < -0.4 is 0 Å². The number of thiocarbonyl (C=S) groups is 1. The first-order chi connectivity index (χ1) is 9.74. The summed E-state index contributed by atoms with van der Waals surface area (Å²) in [4.78, 5) is 15.0. The van der Waals surface area contributed by atoms with Gasteiger partial charge in [-0.1, -0.05) is 42.2 Å². The van der Waals surface area contributed by atoms with Crippen LogP contribution in [0.25, 0.3) is 0 Å². The zero-order valence-electron chi connectivity index (χ0n) is 11.4. The quantitative estimate of drug-likeness (QED) is 0.455. The zero-order valence-corrected chi connectivity index (χ0v) is 13.0. The summed E-state index contributed by atoms with van der Waals surface area (Å²) < 4.78 is 6.29. The molecule has 20 heavy (non-hydrogen) atoms. The van der Waals surface area contributed by atoms with Gasteiger partial charge >= 0.3 is 0 Å². The minimum absolute atomic E-state index is 0.0741. The molecule has 0 saturated carbocycles. The molecular weight excluding hydrogens is 290 g/mol. The molecule has 2 unspecified atom stereocenters. The van der Waals surface area contributed by atoms with Gasteiger partial charge in [-0.3, -0.25) is 9.69 Å². The maximum Gasteiger partial charge on any atom is 0.265 e. The first kappa shape index (κ1) is 14.3. The fourth-order valence-corrected chi connectivity index (χ4v) is 4.19. The second kappa shape index (κ2) is 6.41. The Morgan fingerprint density at radius 3 is 3.05 bits per heavy atom. The van der Waals surface area contributed by atoms with Crippen LogP contribution in [0.2, 0.25) is 0 Å². The van der Waals surface area contributed by atoms with Gasteiger partial charge in [0.25, 0.3) is 5.91 Å². The third-order valence-corrected chi connectivity index (χ3v) is 5.38. The van der Waals surface area contributed by atoms with E-state index in [1.165, 1.54) is 11.8 Å². The molecule has 2 atom stereocenters. The summed E-state index contributed by atoms with van der Waals surface area (Å²) >= 11 is 6.80. The smallest absolute Gasteiger partial charge is 0.265 e. The van der Waals surface area contributed by atoms with Crippen molar-refractivity contribution in [1.29, 1.82) is 0 Å². The maximum atomic E-state index is 12.5. The molecule has 0 N–H and O–H groups in total. The molecule has 3 rings (SSSR count). The second-order valence-electron chi connectivity index (χ2n) is 5.49. The van der Waals surface area contributed by atoms with E-state index in [1.54, 1.807) is 4.90 Å². The topological polar surface area (TPSA) is 29.5 Å². The first-order valence-corrected chi connectivity index (χ1v) is 8.48. The van der Waals surface area contributed by atoms with Gasteiger partial charge < -0.3 is 4.74 Å². The molecule has 2 saturated heterocycles. The number of allylic oxidation sites excluding steroid dienone is 3. The van der Waals surface area contributed by atoms with Crippen molar-refractivity contribution in [2.45, 2.75) is 38.2 Å². The molecule has 1 amide bonds. The Bertz CT molecular complexity index is 466. The van der Waals surface area contributed by atoms with Crippen molar-refractivity contribution in [2.24, 2.45) is 5.92 Å². The lowest BCUT2D eigenvalue weighted by atomic mass is 9.94. The lowest BCUT2D eigenvalue weighted by Gasteiger charge is -2.18. The third-order valence-electron chi connectivity index (χ3n) is 3.98. The average Bonchev–Trinajstić information content (AvgIpc) is 3.05. The van der Waals surface area contributed by atoms with E-state index in [4.69, 9.17) is 17.0 Å². The van der Waals surface area contributed by atoms with Gasteiger partial charge in [0.15, 0.2) is 0 Å². The molecule has 5 heteroatoms. The van der Waals surface area contributed by atoms with Crippen molar-refractivity contribution in [2.75, 3.05) is 13.2 Å². The number of rotatable bonds is 3. The summed E-state index contributed by atoms with van der Waals surface area (Å²) in [5, 5.41) is 0. The lowest BCUT2D eigenvalue weighted by Crippen LogP contribution is -2.35. The molecule has 1 aliphatic carbocycles. The third kappa shape index (κ3) is 3.15.